The Labute approximate surface area is 185 Å². The fourth-order valence-corrected chi connectivity index (χ4v) is 4.57. The molecule has 0 aromatic carbocycles. The van der Waals surface area contributed by atoms with Gasteiger partial charge in [0.1, 0.15) is 16.9 Å². The molecule has 0 saturated heterocycles. The predicted molar refractivity (Wildman–Crippen MR) is 123 cm³/mol. The van der Waals surface area contributed by atoms with Crippen molar-refractivity contribution >= 4 is 39.2 Å². The largest absolute Gasteiger partial charge is 0.336 e. The summed E-state index contributed by atoms with van der Waals surface area (Å²) in [4.78, 5) is 34.6. The summed E-state index contributed by atoms with van der Waals surface area (Å²) in [5.74, 6) is 0.661. The van der Waals surface area contributed by atoms with Gasteiger partial charge >= 0.3 is 0 Å². The van der Waals surface area contributed by atoms with E-state index >= 15 is 0 Å². The number of nitrogens with zero attached hydrogens (tertiary/aromatic N) is 5. The van der Waals surface area contributed by atoms with Gasteiger partial charge in [0.25, 0.3) is 0 Å². The number of rotatable bonds is 4. The SMILES string of the molecule is CC(=O)c1ccc(-c2nccc3[nH]c(-c4n[nH]c5ncc(-c6ccncc6)cc45)nc23)s1. The summed E-state index contributed by atoms with van der Waals surface area (Å²) in [5, 5.41) is 8.32. The van der Waals surface area contributed by atoms with Crippen LogP contribution in [0, 0.1) is 0 Å². The Morgan fingerprint density at radius 2 is 1.84 bits per heavy atom. The molecule has 8 nitrogen and oxygen atoms in total. The number of Topliss-reactive ketones (excluding diaryl/α,β-unsaturated/α-hetero) is 1. The zero-order valence-corrected chi connectivity index (χ0v) is 17.6. The van der Waals surface area contributed by atoms with Gasteiger partial charge in [0, 0.05) is 30.4 Å². The Hall–Kier alpha value is -4.24. The van der Waals surface area contributed by atoms with E-state index in [9.17, 15) is 4.79 Å². The second-order valence-electron chi connectivity index (χ2n) is 7.29. The van der Waals surface area contributed by atoms with Crippen LogP contribution in [0.15, 0.2) is 61.2 Å². The third kappa shape index (κ3) is 2.98. The molecule has 0 bridgehead atoms. The van der Waals surface area contributed by atoms with Crippen molar-refractivity contribution in [1.29, 1.82) is 0 Å². The average molecular weight is 437 g/mol. The van der Waals surface area contributed by atoms with Gasteiger partial charge in [-0.15, -0.1) is 11.3 Å². The molecule has 6 heterocycles. The molecule has 9 heteroatoms. The highest BCUT2D eigenvalue weighted by Gasteiger charge is 2.18. The number of ketones is 1. The second-order valence-corrected chi connectivity index (χ2v) is 8.37. The van der Waals surface area contributed by atoms with Crippen LogP contribution in [0.4, 0.5) is 0 Å². The van der Waals surface area contributed by atoms with E-state index in [0.29, 0.717) is 22.0 Å². The molecule has 0 unspecified atom stereocenters. The molecule has 0 spiro atoms. The van der Waals surface area contributed by atoms with Crippen molar-refractivity contribution in [3.63, 3.8) is 0 Å². The summed E-state index contributed by atoms with van der Waals surface area (Å²) in [5.41, 5.74) is 5.67. The quantitative estimate of drug-likeness (QED) is 0.380. The van der Waals surface area contributed by atoms with Gasteiger partial charge in [0.15, 0.2) is 17.3 Å². The Morgan fingerprint density at radius 3 is 2.66 bits per heavy atom. The van der Waals surface area contributed by atoms with Gasteiger partial charge < -0.3 is 4.98 Å². The Kier molecular flexibility index (Phi) is 4.15. The molecule has 0 aliphatic rings. The fourth-order valence-electron chi connectivity index (χ4n) is 3.67. The molecule has 32 heavy (non-hydrogen) atoms. The van der Waals surface area contributed by atoms with Gasteiger partial charge in [-0.05, 0) is 48.9 Å². The second kappa shape index (κ2) is 7.17. The number of H-pyrrole nitrogens is 2. The van der Waals surface area contributed by atoms with Crippen molar-refractivity contribution in [1.82, 2.24) is 35.1 Å². The Morgan fingerprint density at radius 1 is 0.969 bits per heavy atom. The first-order valence-electron chi connectivity index (χ1n) is 9.88. The normalized spacial score (nSPS) is 11.4. The van der Waals surface area contributed by atoms with Crippen LogP contribution in [0.1, 0.15) is 16.6 Å². The summed E-state index contributed by atoms with van der Waals surface area (Å²) in [6.45, 7) is 1.56. The fraction of sp³-hybridized carbons (Fsp3) is 0.0435. The van der Waals surface area contributed by atoms with Gasteiger partial charge in [-0.2, -0.15) is 5.10 Å². The molecule has 2 N–H and O–H groups in total. The lowest BCUT2D eigenvalue weighted by Gasteiger charge is -2.00. The van der Waals surface area contributed by atoms with Crippen molar-refractivity contribution in [3.8, 4) is 33.2 Å². The number of carbonyl (C=O) groups excluding carboxylic acids is 1. The number of thiophene rings is 1. The van der Waals surface area contributed by atoms with Crippen LogP contribution in [0.3, 0.4) is 0 Å². The molecule has 6 aromatic rings. The van der Waals surface area contributed by atoms with Crippen molar-refractivity contribution in [2.75, 3.05) is 0 Å². The summed E-state index contributed by atoms with van der Waals surface area (Å²) in [6, 6.07) is 11.5. The number of carbonyl (C=O) groups is 1. The van der Waals surface area contributed by atoms with Crippen molar-refractivity contribution in [2.24, 2.45) is 0 Å². The van der Waals surface area contributed by atoms with Gasteiger partial charge in [-0.3, -0.25) is 19.9 Å². The van der Waals surface area contributed by atoms with Crippen LogP contribution in [-0.4, -0.2) is 40.9 Å². The maximum Gasteiger partial charge on any atom is 0.169 e. The zero-order chi connectivity index (χ0) is 21.7. The van der Waals surface area contributed by atoms with Crippen molar-refractivity contribution in [2.45, 2.75) is 6.92 Å². The van der Waals surface area contributed by atoms with Gasteiger partial charge in [-0.25, -0.2) is 9.97 Å². The van der Waals surface area contributed by atoms with E-state index in [1.165, 1.54) is 11.3 Å². The van der Waals surface area contributed by atoms with Crippen LogP contribution >= 0.6 is 11.3 Å². The molecule has 0 aliphatic carbocycles. The number of aromatic nitrogens is 7. The minimum absolute atomic E-state index is 0.0386. The first-order chi connectivity index (χ1) is 15.7. The lowest BCUT2D eigenvalue weighted by Crippen LogP contribution is -1.85. The highest BCUT2D eigenvalue weighted by Crippen LogP contribution is 2.34. The molecule has 0 radical (unpaired) electrons. The molecule has 0 aliphatic heterocycles. The Bertz CT molecular complexity index is 1610. The highest BCUT2D eigenvalue weighted by atomic mass is 32.1. The molecular formula is C23H15N7OS. The minimum atomic E-state index is 0.0386. The van der Waals surface area contributed by atoms with E-state index in [1.807, 2.05) is 42.6 Å². The van der Waals surface area contributed by atoms with Crippen LogP contribution < -0.4 is 0 Å². The first-order valence-corrected chi connectivity index (χ1v) is 10.7. The predicted octanol–water partition coefficient (Wildman–Crippen LogP) is 4.89. The summed E-state index contributed by atoms with van der Waals surface area (Å²) in [7, 11) is 0. The maximum absolute atomic E-state index is 11.7. The third-order valence-corrected chi connectivity index (χ3v) is 6.43. The van der Waals surface area contributed by atoms with Gasteiger partial charge in [0.2, 0.25) is 0 Å². The monoisotopic (exact) mass is 437 g/mol. The number of imidazole rings is 1. The molecule has 154 valence electrons. The lowest BCUT2D eigenvalue weighted by atomic mass is 10.1. The van der Waals surface area contributed by atoms with Crippen molar-refractivity contribution < 1.29 is 4.79 Å². The van der Waals surface area contributed by atoms with E-state index in [4.69, 9.17) is 4.98 Å². The smallest absolute Gasteiger partial charge is 0.169 e. The molecule has 6 aromatic heterocycles. The zero-order valence-electron chi connectivity index (χ0n) is 16.8. The molecule has 0 saturated carbocycles. The van der Waals surface area contributed by atoms with Crippen LogP contribution in [-0.2, 0) is 0 Å². The van der Waals surface area contributed by atoms with Crippen LogP contribution in [0.5, 0.6) is 0 Å². The van der Waals surface area contributed by atoms with Gasteiger partial charge in [0.05, 0.1) is 20.7 Å². The van der Waals surface area contributed by atoms with Gasteiger partial charge in [-0.1, -0.05) is 0 Å². The number of hydrogen-bond donors (Lipinski definition) is 2. The Balaban J connectivity index is 1.49. The number of nitrogens with one attached hydrogen (secondary N) is 2. The summed E-state index contributed by atoms with van der Waals surface area (Å²) in [6.07, 6.45) is 7.06. The van der Waals surface area contributed by atoms with E-state index < -0.39 is 0 Å². The van der Waals surface area contributed by atoms with Crippen molar-refractivity contribution in [3.05, 3.63) is 66.1 Å². The molecule has 0 fully saturated rings. The van der Waals surface area contributed by atoms with E-state index in [-0.39, 0.29) is 5.78 Å². The van der Waals surface area contributed by atoms with E-state index in [0.717, 1.165) is 38.1 Å². The van der Waals surface area contributed by atoms with Crippen LogP contribution in [0.2, 0.25) is 0 Å². The number of pyridine rings is 3. The summed E-state index contributed by atoms with van der Waals surface area (Å²) < 4.78 is 0. The maximum atomic E-state index is 11.7. The minimum Gasteiger partial charge on any atom is -0.336 e. The molecule has 6 rings (SSSR count). The lowest BCUT2D eigenvalue weighted by molar-refractivity contribution is 0.102. The highest BCUT2D eigenvalue weighted by molar-refractivity contribution is 7.17. The summed E-state index contributed by atoms with van der Waals surface area (Å²) >= 11 is 1.41. The molecule has 0 amide bonds. The third-order valence-electron chi connectivity index (χ3n) is 5.24. The molecule has 0 atom stereocenters. The standard InChI is InChI=1S/C23H15N7OS/c1-12(31)17-2-3-18(32-17)21-20-16(6-9-25-21)27-23(28-20)19-15-10-14(11-26-22(15)30-29-19)13-4-7-24-8-5-13/h2-11H,1H3,(H,27,28)(H,26,29,30). The van der Waals surface area contributed by atoms with E-state index in [1.54, 1.807) is 25.5 Å². The van der Waals surface area contributed by atoms with E-state index in [2.05, 4.69) is 30.1 Å². The number of aromatic amines is 2. The average Bonchev–Trinajstić information content (AvgIpc) is 3.56. The topological polar surface area (TPSA) is 113 Å². The number of fused-ring (bicyclic) bond motifs is 2. The first kappa shape index (κ1) is 18.5. The van der Waals surface area contributed by atoms with Crippen LogP contribution in [0.25, 0.3) is 55.3 Å². The number of hydrogen-bond acceptors (Lipinski definition) is 7. The molecular weight excluding hydrogens is 422 g/mol.